The van der Waals surface area contributed by atoms with Crippen LogP contribution in [0.4, 0.5) is 30.5 Å². The Morgan fingerprint density at radius 1 is 1.21 bits per heavy atom. The second-order valence-electron chi connectivity index (χ2n) is 3.63. The van der Waals surface area contributed by atoms with Gasteiger partial charge >= 0.3 is 6.18 Å². The second-order valence-corrected chi connectivity index (χ2v) is 4.42. The highest BCUT2D eigenvalue weighted by Gasteiger charge is 2.30. The molecule has 0 amide bonds. The van der Waals surface area contributed by atoms with Crippen LogP contribution in [0.3, 0.4) is 0 Å². The summed E-state index contributed by atoms with van der Waals surface area (Å²) in [5.41, 5.74) is 5.07. The monoisotopic (exact) mass is 332 g/mol. The molecule has 3 N–H and O–H groups in total. The highest BCUT2D eigenvalue weighted by Crippen LogP contribution is 2.32. The van der Waals surface area contributed by atoms with Crippen LogP contribution < -0.4 is 11.1 Å². The minimum Gasteiger partial charge on any atom is -0.383 e. The molecule has 0 radical (unpaired) electrons. The van der Waals surface area contributed by atoms with Gasteiger partial charge in [-0.15, -0.1) is 0 Å². The fourth-order valence-electron chi connectivity index (χ4n) is 1.38. The van der Waals surface area contributed by atoms with Crippen molar-refractivity contribution in [1.82, 2.24) is 9.97 Å². The lowest BCUT2D eigenvalue weighted by molar-refractivity contribution is -0.137. The molecule has 0 unspecified atom stereocenters. The summed E-state index contributed by atoms with van der Waals surface area (Å²) in [5.74, 6) is 0.497. The number of rotatable bonds is 2. The number of hydrogen-bond donors (Lipinski definition) is 2. The number of nitrogens with zero attached hydrogens (tertiary/aromatic N) is 2. The zero-order valence-corrected chi connectivity index (χ0v) is 11.0. The number of alkyl halides is 3. The predicted octanol–water partition coefficient (Wildman–Crippen LogP) is 3.58. The number of nitrogen functional groups attached to an aromatic ring is 1. The number of aromatic nitrogens is 2. The van der Waals surface area contributed by atoms with Crippen molar-refractivity contribution in [2.45, 2.75) is 6.18 Å². The van der Waals surface area contributed by atoms with Gasteiger partial charge in [-0.2, -0.15) is 13.2 Å². The zero-order valence-electron chi connectivity index (χ0n) is 9.37. The molecule has 0 bridgehead atoms. The lowest BCUT2D eigenvalue weighted by Crippen LogP contribution is -2.06. The summed E-state index contributed by atoms with van der Waals surface area (Å²) in [6, 6.07) is 4.79. The Morgan fingerprint density at radius 2 is 1.95 bits per heavy atom. The van der Waals surface area contributed by atoms with E-state index in [1.54, 1.807) is 0 Å². The largest absolute Gasteiger partial charge is 0.416 e. The van der Waals surface area contributed by atoms with Gasteiger partial charge in [0.2, 0.25) is 0 Å². The number of benzene rings is 1. The highest BCUT2D eigenvalue weighted by molar-refractivity contribution is 9.10. The van der Waals surface area contributed by atoms with Crippen LogP contribution in [-0.4, -0.2) is 9.97 Å². The summed E-state index contributed by atoms with van der Waals surface area (Å²) in [7, 11) is 0. The van der Waals surface area contributed by atoms with E-state index in [2.05, 4.69) is 31.2 Å². The average Bonchev–Trinajstić information content (AvgIpc) is 2.34. The van der Waals surface area contributed by atoms with Gasteiger partial charge in [0.05, 0.1) is 5.56 Å². The molecule has 0 spiro atoms. The van der Waals surface area contributed by atoms with Crippen molar-refractivity contribution in [2.75, 3.05) is 11.1 Å². The molecule has 100 valence electrons. The lowest BCUT2D eigenvalue weighted by Gasteiger charge is -2.11. The maximum Gasteiger partial charge on any atom is 0.416 e. The molecule has 2 aromatic rings. The Bertz CT molecular complexity index is 601. The fourth-order valence-corrected chi connectivity index (χ4v) is 1.68. The third-order valence-electron chi connectivity index (χ3n) is 2.27. The predicted molar refractivity (Wildman–Crippen MR) is 68.9 cm³/mol. The van der Waals surface area contributed by atoms with Gasteiger partial charge in [0.25, 0.3) is 0 Å². The van der Waals surface area contributed by atoms with Gasteiger partial charge in [-0.3, -0.25) is 0 Å². The molecule has 1 aromatic carbocycles. The Labute approximate surface area is 115 Å². The first-order valence-corrected chi connectivity index (χ1v) is 5.87. The zero-order chi connectivity index (χ0) is 14.0. The first-order chi connectivity index (χ1) is 8.88. The van der Waals surface area contributed by atoms with Gasteiger partial charge in [0.15, 0.2) is 0 Å². The van der Waals surface area contributed by atoms with E-state index in [9.17, 15) is 13.2 Å². The van der Waals surface area contributed by atoms with Crippen LogP contribution in [0, 0.1) is 0 Å². The van der Waals surface area contributed by atoms with Crippen molar-refractivity contribution in [3.63, 3.8) is 0 Å². The van der Waals surface area contributed by atoms with Crippen molar-refractivity contribution < 1.29 is 13.2 Å². The van der Waals surface area contributed by atoms with E-state index in [-0.39, 0.29) is 11.5 Å². The van der Waals surface area contributed by atoms with Gasteiger partial charge < -0.3 is 11.1 Å². The minimum absolute atomic E-state index is 0.199. The van der Waals surface area contributed by atoms with Crippen LogP contribution in [0.2, 0.25) is 0 Å². The Kier molecular flexibility index (Phi) is 3.61. The highest BCUT2D eigenvalue weighted by atomic mass is 79.9. The summed E-state index contributed by atoms with van der Waals surface area (Å²) < 4.78 is 38.1. The van der Waals surface area contributed by atoms with Crippen LogP contribution >= 0.6 is 15.9 Å². The number of nitrogens with one attached hydrogen (secondary N) is 1. The lowest BCUT2D eigenvalue weighted by atomic mass is 10.2. The van der Waals surface area contributed by atoms with E-state index >= 15 is 0 Å². The van der Waals surface area contributed by atoms with Gasteiger partial charge in [0.1, 0.15) is 22.4 Å². The normalized spacial score (nSPS) is 11.4. The molecular weight excluding hydrogens is 325 g/mol. The molecule has 0 saturated carbocycles. The molecule has 0 saturated heterocycles. The first kappa shape index (κ1) is 13.6. The van der Waals surface area contributed by atoms with E-state index < -0.39 is 11.7 Å². The van der Waals surface area contributed by atoms with Crippen molar-refractivity contribution >= 4 is 33.3 Å². The van der Waals surface area contributed by atoms with Crippen molar-refractivity contribution in [1.29, 1.82) is 0 Å². The number of nitrogens with two attached hydrogens (primary N) is 1. The topological polar surface area (TPSA) is 63.8 Å². The molecular formula is C11H8BrF3N4. The van der Waals surface area contributed by atoms with Gasteiger partial charge in [-0.25, -0.2) is 9.97 Å². The van der Waals surface area contributed by atoms with Gasteiger partial charge in [0, 0.05) is 5.69 Å². The molecule has 1 heterocycles. The standard InChI is InChI=1S/C11H8BrF3N4/c12-8-9(16)17-5-18-10(8)19-7-3-1-2-6(4-7)11(13,14)15/h1-5H,(H3,16,17,18,19). The Hall–Kier alpha value is -1.83. The quantitative estimate of drug-likeness (QED) is 0.882. The molecule has 0 fully saturated rings. The van der Waals surface area contributed by atoms with Crippen LogP contribution in [0.25, 0.3) is 0 Å². The van der Waals surface area contributed by atoms with Crippen molar-refractivity contribution in [3.05, 3.63) is 40.6 Å². The average molecular weight is 333 g/mol. The first-order valence-electron chi connectivity index (χ1n) is 5.08. The van der Waals surface area contributed by atoms with Gasteiger partial charge in [-0.1, -0.05) is 6.07 Å². The SMILES string of the molecule is Nc1ncnc(Nc2cccc(C(F)(F)F)c2)c1Br. The molecule has 4 nitrogen and oxygen atoms in total. The van der Waals surface area contributed by atoms with Crippen molar-refractivity contribution in [3.8, 4) is 0 Å². The molecule has 0 aliphatic carbocycles. The van der Waals surface area contributed by atoms with E-state index in [0.717, 1.165) is 12.1 Å². The van der Waals surface area contributed by atoms with Crippen LogP contribution in [0.1, 0.15) is 5.56 Å². The minimum atomic E-state index is -4.39. The molecule has 1 aromatic heterocycles. The van der Waals surface area contributed by atoms with Crippen LogP contribution in [0.5, 0.6) is 0 Å². The number of hydrogen-bond acceptors (Lipinski definition) is 4. The van der Waals surface area contributed by atoms with Crippen LogP contribution in [0.15, 0.2) is 35.1 Å². The summed E-state index contributed by atoms with van der Waals surface area (Å²) in [4.78, 5) is 7.63. The smallest absolute Gasteiger partial charge is 0.383 e. The maximum atomic E-state index is 12.6. The van der Waals surface area contributed by atoms with Crippen molar-refractivity contribution in [2.24, 2.45) is 0 Å². The Morgan fingerprint density at radius 3 is 2.63 bits per heavy atom. The maximum absolute atomic E-state index is 12.6. The Balaban J connectivity index is 2.31. The number of anilines is 3. The van der Waals surface area contributed by atoms with E-state index in [1.807, 2.05) is 0 Å². The second kappa shape index (κ2) is 5.04. The number of halogens is 4. The summed E-state index contributed by atoms with van der Waals surface area (Å²) in [5, 5.41) is 2.75. The third kappa shape index (κ3) is 3.14. The van der Waals surface area contributed by atoms with E-state index in [1.165, 1.54) is 18.5 Å². The molecule has 0 aliphatic rings. The molecule has 8 heteroatoms. The summed E-state index contributed by atoms with van der Waals surface area (Å²) >= 11 is 3.16. The molecule has 19 heavy (non-hydrogen) atoms. The van der Waals surface area contributed by atoms with Gasteiger partial charge in [-0.05, 0) is 34.1 Å². The van der Waals surface area contributed by atoms with E-state index in [0.29, 0.717) is 10.3 Å². The molecule has 2 rings (SSSR count). The van der Waals surface area contributed by atoms with E-state index in [4.69, 9.17) is 5.73 Å². The molecule has 0 atom stereocenters. The van der Waals surface area contributed by atoms with Crippen LogP contribution in [-0.2, 0) is 6.18 Å². The third-order valence-corrected chi connectivity index (χ3v) is 3.05. The summed E-state index contributed by atoms with van der Waals surface area (Å²) in [6.45, 7) is 0. The molecule has 0 aliphatic heterocycles. The fraction of sp³-hybridized carbons (Fsp3) is 0.0909. The summed E-state index contributed by atoms with van der Waals surface area (Å²) in [6.07, 6.45) is -3.17.